The van der Waals surface area contributed by atoms with Crippen molar-refractivity contribution in [1.29, 1.82) is 0 Å². The Bertz CT molecular complexity index is 1190. The summed E-state index contributed by atoms with van der Waals surface area (Å²) >= 11 is 12.2. The second kappa shape index (κ2) is 11.7. The van der Waals surface area contributed by atoms with Crippen molar-refractivity contribution in [3.8, 4) is 0 Å². The van der Waals surface area contributed by atoms with Crippen molar-refractivity contribution in [1.82, 2.24) is 4.57 Å². The summed E-state index contributed by atoms with van der Waals surface area (Å²) in [6, 6.07) is 11.0. The van der Waals surface area contributed by atoms with E-state index in [0.717, 1.165) is 22.9 Å². The number of fused-ring (bicyclic) bond motifs is 1. The van der Waals surface area contributed by atoms with Crippen LogP contribution in [-0.4, -0.2) is 32.5 Å². The third kappa shape index (κ3) is 6.82. The number of ether oxygens (including phenoxy) is 1. The molecule has 0 radical (unpaired) electrons. The first kappa shape index (κ1) is 26.9. The average Bonchev–Trinajstić information content (AvgIpc) is 3.08. The third-order valence-corrected chi connectivity index (χ3v) is 7.14. The predicted molar refractivity (Wildman–Crippen MR) is 135 cm³/mol. The van der Waals surface area contributed by atoms with Crippen molar-refractivity contribution in [3.63, 3.8) is 0 Å². The van der Waals surface area contributed by atoms with E-state index in [2.05, 4.69) is 6.92 Å². The molecule has 0 bridgehead atoms. The maximum atomic E-state index is 11.8. The predicted octanol–water partition coefficient (Wildman–Crippen LogP) is 5.20. The van der Waals surface area contributed by atoms with E-state index in [0.29, 0.717) is 20.6 Å². The first-order valence-corrected chi connectivity index (χ1v) is 12.4. The maximum Gasteiger partial charge on any atom is 0.319 e. The Hall–Kier alpha value is -2.35. The Morgan fingerprint density at radius 2 is 1.73 bits per heavy atom. The molecule has 3 aromatic rings. The fourth-order valence-electron chi connectivity index (χ4n) is 3.13. The number of nitrogens with two attached hydrogens (primary N) is 1. The molecule has 0 spiro atoms. The number of nitrogens with zero attached hydrogens (tertiary/aromatic N) is 1. The van der Waals surface area contributed by atoms with Crippen molar-refractivity contribution in [3.05, 3.63) is 63.3 Å². The van der Waals surface area contributed by atoms with Gasteiger partial charge in [0.2, 0.25) is 0 Å². The number of rotatable bonds is 6. The number of carbonyl (C=O) groups is 2. The summed E-state index contributed by atoms with van der Waals surface area (Å²) in [4.78, 5) is 23.2. The highest BCUT2D eigenvalue weighted by Crippen LogP contribution is 2.35. The van der Waals surface area contributed by atoms with Crippen molar-refractivity contribution in [2.45, 2.75) is 45.1 Å². The van der Waals surface area contributed by atoms with Gasteiger partial charge in [0.05, 0.1) is 32.5 Å². The van der Waals surface area contributed by atoms with Crippen LogP contribution in [0.4, 0.5) is 0 Å². The fraction of sp³-hybridized carbons (Fsp3) is 0.333. The zero-order valence-corrected chi connectivity index (χ0v) is 21.6. The molecule has 178 valence electrons. The molecule has 33 heavy (non-hydrogen) atoms. The van der Waals surface area contributed by atoms with Crippen molar-refractivity contribution >= 4 is 56.8 Å². The van der Waals surface area contributed by atoms with Crippen LogP contribution in [0.5, 0.6) is 0 Å². The van der Waals surface area contributed by atoms with Crippen LogP contribution in [0.25, 0.3) is 10.9 Å². The van der Waals surface area contributed by atoms with Gasteiger partial charge in [-0.05, 0) is 62.6 Å². The summed E-state index contributed by atoms with van der Waals surface area (Å²) < 4.78 is 18.5. The van der Waals surface area contributed by atoms with Crippen LogP contribution in [0, 0.1) is 6.92 Å². The van der Waals surface area contributed by atoms with Crippen LogP contribution in [0.3, 0.4) is 0 Å². The molecule has 2 N–H and O–H groups in total. The molecule has 2 aromatic carbocycles. The minimum atomic E-state index is -1.31. The van der Waals surface area contributed by atoms with Gasteiger partial charge in [0.25, 0.3) is 5.91 Å². The van der Waals surface area contributed by atoms with Gasteiger partial charge in [-0.25, -0.2) is 0 Å². The molecule has 1 atom stereocenters. The maximum absolute atomic E-state index is 11.8. The molecular formula is C24H28Cl2N2O4S. The first-order valence-electron chi connectivity index (χ1n) is 10.4. The summed E-state index contributed by atoms with van der Waals surface area (Å²) in [5.41, 5.74) is 8.59. The Kier molecular flexibility index (Phi) is 9.52. The van der Waals surface area contributed by atoms with E-state index in [1.807, 2.05) is 25.1 Å². The summed E-state index contributed by atoms with van der Waals surface area (Å²) in [5.74, 6) is -0.981. The summed E-state index contributed by atoms with van der Waals surface area (Å²) in [6.07, 6.45) is 0.782. The van der Waals surface area contributed by atoms with E-state index in [9.17, 15) is 13.8 Å². The van der Waals surface area contributed by atoms with E-state index < -0.39 is 22.7 Å². The molecule has 6 nitrogen and oxygen atoms in total. The molecule has 3 rings (SSSR count). The van der Waals surface area contributed by atoms with Crippen LogP contribution >= 0.6 is 23.2 Å². The number of hydrogen-bond acceptors (Lipinski definition) is 4. The molecule has 0 aliphatic heterocycles. The standard InChI is InChI=1S/C13H18O3S.C11H10Cl2N2O/c1-4-11-5-7-12(8-6-11)17(15)9-13(14)16-10(2)3;1-5-3-7-6(10(13)9(5)12)4-8(11(14)16)15(7)2/h5-8,10H,4,9H2,1-3H3;3-4H,1-2H3,(H2,14,16). The van der Waals surface area contributed by atoms with Crippen LogP contribution in [0.2, 0.25) is 10.0 Å². The van der Waals surface area contributed by atoms with Crippen LogP contribution in [0.1, 0.15) is 42.4 Å². The highest BCUT2D eigenvalue weighted by atomic mass is 35.5. The molecule has 0 saturated carbocycles. The number of benzene rings is 2. The monoisotopic (exact) mass is 510 g/mol. The quantitative estimate of drug-likeness (QED) is 0.461. The highest BCUT2D eigenvalue weighted by Gasteiger charge is 2.16. The lowest BCUT2D eigenvalue weighted by Gasteiger charge is -2.07. The summed E-state index contributed by atoms with van der Waals surface area (Å²) in [7, 11) is 0.455. The zero-order chi connectivity index (χ0) is 24.9. The van der Waals surface area contributed by atoms with Crippen LogP contribution < -0.4 is 5.73 Å². The smallest absolute Gasteiger partial charge is 0.319 e. The lowest BCUT2D eigenvalue weighted by molar-refractivity contribution is -0.144. The molecule has 9 heteroatoms. The van der Waals surface area contributed by atoms with E-state index >= 15 is 0 Å². The minimum absolute atomic E-state index is 0.0797. The number of amides is 1. The summed E-state index contributed by atoms with van der Waals surface area (Å²) in [5, 5.41) is 1.71. The fourth-order valence-corrected chi connectivity index (χ4v) is 4.47. The Labute approximate surface area is 206 Å². The van der Waals surface area contributed by atoms with Gasteiger partial charge in [-0.2, -0.15) is 0 Å². The van der Waals surface area contributed by atoms with Crippen molar-refractivity contribution in [2.75, 3.05) is 5.75 Å². The van der Waals surface area contributed by atoms with E-state index in [-0.39, 0.29) is 11.9 Å². The second-order valence-corrected chi connectivity index (χ2v) is 9.94. The molecule has 1 unspecified atom stereocenters. The van der Waals surface area contributed by atoms with Gasteiger partial charge in [0.1, 0.15) is 11.4 Å². The average molecular weight is 511 g/mol. The molecule has 1 aromatic heterocycles. The van der Waals surface area contributed by atoms with E-state index in [1.165, 1.54) is 5.56 Å². The largest absolute Gasteiger partial charge is 0.462 e. The van der Waals surface area contributed by atoms with Gasteiger partial charge >= 0.3 is 5.97 Å². The van der Waals surface area contributed by atoms with Gasteiger partial charge in [0, 0.05) is 17.3 Å². The molecule has 1 heterocycles. The van der Waals surface area contributed by atoms with Gasteiger partial charge in [0.15, 0.2) is 0 Å². The molecule has 0 aliphatic carbocycles. The molecular weight excluding hydrogens is 483 g/mol. The topological polar surface area (TPSA) is 91.4 Å². The normalized spacial score (nSPS) is 11.8. The number of halogens is 2. The Morgan fingerprint density at radius 3 is 2.24 bits per heavy atom. The van der Waals surface area contributed by atoms with E-state index in [4.69, 9.17) is 33.7 Å². The highest BCUT2D eigenvalue weighted by molar-refractivity contribution is 7.85. The first-order chi connectivity index (χ1) is 15.5. The number of aromatic nitrogens is 1. The number of esters is 1. The van der Waals surface area contributed by atoms with Crippen LogP contribution in [-0.2, 0) is 33.8 Å². The van der Waals surface area contributed by atoms with Gasteiger partial charge in [-0.15, -0.1) is 0 Å². The summed E-state index contributed by atoms with van der Waals surface area (Å²) in [6.45, 7) is 7.48. The third-order valence-electron chi connectivity index (χ3n) is 4.87. The minimum Gasteiger partial charge on any atom is -0.462 e. The van der Waals surface area contributed by atoms with Crippen molar-refractivity contribution < 1.29 is 18.5 Å². The SMILES string of the molecule is CCc1ccc(S(=O)CC(=O)OC(C)C)cc1.Cc1cc2c(cc(C(N)=O)n2C)c(Cl)c1Cl. The zero-order valence-electron chi connectivity index (χ0n) is 19.3. The number of carbonyl (C=O) groups excluding carboxylic acids is 2. The lowest BCUT2D eigenvalue weighted by atomic mass is 10.2. The van der Waals surface area contributed by atoms with E-state index in [1.54, 1.807) is 43.7 Å². The van der Waals surface area contributed by atoms with Gasteiger partial charge in [-0.3, -0.25) is 13.8 Å². The molecule has 1 amide bonds. The second-order valence-electron chi connectivity index (χ2n) is 7.73. The van der Waals surface area contributed by atoms with Crippen LogP contribution in [0.15, 0.2) is 41.3 Å². The van der Waals surface area contributed by atoms with Gasteiger partial charge < -0.3 is 15.0 Å². The van der Waals surface area contributed by atoms with Gasteiger partial charge in [-0.1, -0.05) is 42.3 Å². The number of primary amides is 1. The Morgan fingerprint density at radius 1 is 1.12 bits per heavy atom. The molecule has 0 aliphatic rings. The lowest BCUT2D eigenvalue weighted by Crippen LogP contribution is -2.18. The Balaban J connectivity index is 0.000000234. The van der Waals surface area contributed by atoms with Crippen molar-refractivity contribution in [2.24, 2.45) is 12.8 Å². The molecule has 0 fully saturated rings. The molecule has 0 saturated heterocycles. The number of hydrogen-bond donors (Lipinski definition) is 1. The number of aryl methyl sites for hydroxylation is 3.